The van der Waals surface area contributed by atoms with Crippen LogP contribution in [0.15, 0.2) is 0 Å². The highest BCUT2D eigenvalue weighted by Crippen LogP contribution is 2.47. The molecule has 2 aliphatic rings. The normalized spacial score (nSPS) is 43.3. The molecule has 2 fully saturated rings. The van der Waals surface area contributed by atoms with Gasteiger partial charge in [-0.3, -0.25) is 0 Å². The average Bonchev–Trinajstić information content (AvgIpc) is 2.27. The Morgan fingerprint density at radius 2 is 1.86 bits per heavy atom. The van der Waals surface area contributed by atoms with Crippen molar-refractivity contribution < 1.29 is 0 Å². The molecule has 0 bridgehead atoms. The molecule has 0 aromatic carbocycles. The van der Waals surface area contributed by atoms with Gasteiger partial charge in [-0.2, -0.15) is 0 Å². The monoisotopic (exact) mass is 370 g/mol. The first kappa shape index (κ1) is 11.7. The number of halogens is 2. The molecule has 82 valence electrons. The lowest BCUT2D eigenvalue weighted by Gasteiger charge is -2.45. The van der Waals surface area contributed by atoms with E-state index in [0.717, 1.165) is 23.7 Å². The number of rotatable bonds is 2. The number of hydrogen-bond acceptors (Lipinski definition) is 0. The van der Waals surface area contributed by atoms with E-state index in [0.29, 0.717) is 0 Å². The molecule has 0 heterocycles. The summed E-state index contributed by atoms with van der Waals surface area (Å²) in [6.45, 7) is 0. The van der Waals surface area contributed by atoms with E-state index >= 15 is 0 Å². The fourth-order valence-electron chi connectivity index (χ4n) is 3.58. The Morgan fingerprint density at radius 1 is 1.07 bits per heavy atom. The van der Waals surface area contributed by atoms with Crippen LogP contribution in [0.4, 0.5) is 0 Å². The molecule has 0 amide bonds. The summed E-state index contributed by atoms with van der Waals surface area (Å²) in [5.74, 6) is 4.16. The summed E-state index contributed by atoms with van der Waals surface area (Å²) in [7, 11) is 0. The summed E-state index contributed by atoms with van der Waals surface area (Å²) in [6.07, 6.45) is 9.09. The minimum atomic E-state index is 0.992. The first-order chi connectivity index (χ1) is 6.86. The Balaban J connectivity index is 2.04. The molecule has 2 aliphatic carbocycles. The van der Waals surface area contributed by atoms with E-state index in [1.165, 1.54) is 48.3 Å². The molecule has 0 radical (unpaired) electrons. The van der Waals surface area contributed by atoms with Gasteiger partial charge < -0.3 is 0 Å². The van der Waals surface area contributed by atoms with Gasteiger partial charge in [-0.05, 0) is 42.9 Å². The maximum Gasteiger partial charge on any atom is 0.00653 e. The molecule has 4 unspecified atom stereocenters. The third-order valence-electron chi connectivity index (χ3n) is 4.41. The SMILES string of the molecule is BrCC1C(CI)CCC2CCCCC21. The van der Waals surface area contributed by atoms with Crippen LogP contribution in [-0.2, 0) is 0 Å². The Bertz CT molecular complexity index is 177. The number of alkyl halides is 2. The van der Waals surface area contributed by atoms with Crippen LogP contribution >= 0.6 is 38.5 Å². The molecule has 0 aromatic heterocycles. The largest absolute Gasteiger partial charge is 0.0925 e. The summed E-state index contributed by atoms with van der Waals surface area (Å²) in [5, 5.41) is 1.25. The van der Waals surface area contributed by atoms with Gasteiger partial charge in [0.1, 0.15) is 0 Å². The Hall–Kier alpha value is 1.21. The smallest absolute Gasteiger partial charge is 0.00653 e. The van der Waals surface area contributed by atoms with Crippen molar-refractivity contribution in [3.8, 4) is 0 Å². The van der Waals surface area contributed by atoms with Gasteiger partial charge in [0.15, 0.2) is 0 Å². The second-order valence-electron chi connectivity index (χ2n) is 5.02. The van der Waals surface area contributed by atoms with Crippen LogP contribution in [0, 0.1) is 23.7 Å². The molecule has 0 aromatic rings. The van der Waals surface area contributed by atoms with E-state index in [2.05, 4.69) is 38.5 Å². The molecule has 14 heavy (non-hydrogen) atoms. The highest BCUT2D eigenvalue weighted by Gasteiger charge is 2.38. The lowest BCUT2D eigenvalue weighted by atomic mass is 9.62. The average molecular weight is 371 g/mol. The van der Waals surface area contributed by atoms with Gasteiger partial charge >= 0.3 is 0 Å². The molecule has 0 aliphatic heterocycles. The maximum absolute atomic E-state index is 3.75. The molecule has 2 heteroatoms. The Kier molecular flexibility index (Phi) is 4.60. The zero-order valence-corrected chi connectivity index (χ0v) is 12.5. The zero-order chi connectivity index (χ0) is 9.97. The Labute approximate surface area is 110 Å². The van der Waals surface area contributed by atoms with Crippen molar-refractivity contribution in [2.24, 2.45) is 23.7 Å². The fraction of sp³-hybridized carbons (Fsp3) is 1.00. The van der Waals surface area contributed by atoms with Gasteiger partial charge in [-0.1, -0.05) is 57.8 Å². The molecular formula is C12H20BrI. The quantitative estimate of drug-likeness (QED) is 0.490. The third-order valence-corrected chi connectivity index (χ3v) is 6.29. The van der Waals surface area contributed by atoms with Crippen molar-refractivity contribution in [1.82, 2.24) is 0 Å². The van der Waals surface area contributed by atoms with Crippen LogP contribution in [0.2, 0.25) is 0 Å². The molecule has 0 saturated heterocycles. The van der Waals surface area contributed by atoms with Crippen molar-refractivity contribution in [3.05, 3.63) is 0 Å². The van der Waals surface area contributed by atoms with E-state index in [-0.39, 0.29) is 0 Å². The van der Waals surface area contributed by atoms with Crippen molar-refractivity contribution in [2.45, 2.75) is 38.5 Å². The van der Waals surface area contributed by atoms with E-state index in [1.54, 1.807) is 0 Å². The minimum absolute atomic E-state index is 0.992. The van der Waals surface area contributed by atoms with Crippen molar-refractivity contribution in [1.29, 1.82) is 0 Å². The molecular weight excluding hydrogens is 351 g/mol. The molecule has 0 spiro atoms. The topological polar surface area (TPSA) is 0 Å². The van der Waals surface area contributed by atoms with Crippen LogP contribution in [-0.4, -0.2) is 9.76 Å². The maximum atomic E-state index is 3.75. The zero-order valence-electron chi connectivity index (χ0n) is 8.72. The van der Waals surface area contributed by atoms with E-state index < -0.39 is 0 Å². The predicted octanol–water partition coefficient (Wildman–Crippen LogP) is 4.65. The van der Waals surface area contributed by atoms with Crippen LogP contribution in [0.25, 0.3) is 0 Å². The molecule has 4 atom stereocenters. The minimum Gasteiger partial charge on any atom is -0.0925 e. The first-order valence-electron chi connectivity index (χ1n) is 5.98. The molecule has 2 rings (SSSR count). The summed E-state index contributed by atoms with van der Waals surface area (Å²) in [4.78, 5) is 0. The highest BCUT2D eigenvalue weighted by molar-refractivity contribution is 14.1. The van der Waals surface area contributed by atoms with E-state index in [1.807, 2.05) is 0 Å². The summed E-state index contributed by atoms with van der Waals surface area (Å²) in [6, 6.07) is 0. The van der Waals surface area contributed by atoms with Gasteiger partial charge in [0.2, 0.25) is 0 Å². The van der Waals surface area contributed by atoms with Crippen molar-refractivity contribution in [3.63, 3.8) is 0 Å². The van der Waals surface area contributed by atoms with Crippen molar-refractivity contribution >= 4 is 38.5 Å². The fourth-order valence-corrected chi connectivity index (χ4v) is 5.68. The van der Waals surface area contributed by atoms with Crippen molar-refractivity contribution in [2.75, 3.05) is 9.76 Å². The summed E-state index contributed by atoms with van der Waals surface area (Å²) < 4.78 is 1.37. The second kappa shape index (κ2) is 5.51. The predicted molar refractivity (Wildman–Crippen MR) is 74.3 cm³/mol. The lowest BCUT2D eigenvalue weighted by Crippen LogP contribution is -2.38. The third kappa shape index (κ3) is 2.31. The molecule has 0 nitrogen and oxygen atoms in total. The number of fused-ring (bicyclic) bond motifs is 1. The lowest BCUT2D eigenvalue weighted by molar-refractivity contribution is 0.0800. The Morgan fingerprint density at radius 3 is 2.57 bits per heavy atom. The van der Waals surface area contributed by atoms with E-state index in [9.17, 15) is 0 Å². The van der Waals surface area contributed by atoms with Gasteiger partial charge in [0.05, 0.1) is 0 Å². The van der Waals surface area contributed by atoms with Gasteiger partial charge in [0, 0.05) is 9.76 Å². The van der Waals surface area contributed by atoms with E-state index in [4.69, 9.17) is 0 Å². The number of hydrogen-bond donors (Lipinski definition) is 0. The first-order valence-corrected chi connectivity index (χ1v) is 8.63. The summed E-state index contributed by atoms with van der Waals surface area (Å²) in [5.41, 5.74) is 0. The standard InChI is InChI=1S/C12H20BrI/c13-7-12-10(8-14)6-5-9-3-1-2-4-11(9)12/h9-12H,1-8H2. The van der Waals surface area contributed by atoms with Crippen LogP contribution in [0.5, 0.6) is 0 Å². The van der Waals surface area contributed by atoms with Gasteiger partial charge in [-0.25, -0.2) is 0 Å². The molecule has 0 N–H and O–H groups in total. The summed E-state index contributed by atoms with van der Waals surface area (Å²) >= 11 is 6.34. The van der Waals surface area contributed by atoms with Gasteiger partial charge in [0.25, 0.3) is 0 Å². The molecule has 2 saturated carbocycles. The van der Waals surface area contributed by atoms with Crippen LogP contribution < -0.4 is 0 Å². The van der Waals surface area contributed by atoms with Crippen LogP contribution in [0.3, 0.4) is 0 Å². The highest BCUT2D eigenvalue weighted by atomic mass is 127. The van der Waals surface area contributed by atoms with Gasteiger partial charge in [-0.15, -0.1) is 0 Å². The second-order valence-corrected chi connectivity index (χ2v) is 6.55. The van der Waals surface area contributed by atoms with Crippen LogP contribution in [0.1, 0.15) is 38.5 Å².